The van der Waals surface area contributed by atoms with Crippen molar-refractivity contribution in [2.24, 2.45) is 0 Å². The Morgan fingerprint density at radius 3 is 1.11 bits per heavy atom. The molecule has 0 aliphatic heterocycles. The molecule has 0 atom stereocenters. The van der Waals surface area contributed by atoms with Crippen molar-refractivity contribution in [3.05, 3.63) is 75.4 Å². The fourth-order valence-corrected chi connectivity index (χ4v) is 1.91. The van der Waals surface area contributed by atoms with Gasteiger partial charge >= 0.3 is 0 Å². The van der Waals surface area contributed by atoms with Gasteiger partial charge in [-0.25, -0.2) is 43.9 Å². The number of carbonyl (C=O) groups is 1. The summed E-state index contributed by atoms with van der Waals surface area (Å²) in [6.45, 7) is 0. The van der Waals surface area contributed by atoms with E-state index < -0.39 is 86.9 Å². The summed E-state index contributed by atoms with van der Waals surface area (Å²) in [6.07, 6.45) is -0.587. The minimum atomic E-state index is -2.64. The Morgan fingerprint density at radius 1 is 0.519 bits per heavy atom. The number of allylic oxidation sites excluding steroid dienone is 1. The predicted molar refractivity (Wildman–Crippen MR) is 64.8 cm³/mol. The average Bonchev–Trinajstić information content (AvgIpc) is 2.61. The van der Waals surface area contributed by atoms with Crippen LogP contribution in [0.1, 0.15) is 15.9 Å². The van der Waals surface area contributed by atoms with Crippen molar-refractivity contribution >= 4 is 11.5 Å². The van der Waals surface area contributed by atoms with Crippen LogP contribution in [0.5, 0.6) is 0 Å². The molecule has 0 saturated heterocycles. The maximum absolute atomic E-state index is 13.5. The van der Waals surface area contributed by atoms with E-state index in [2.05, 4.69) is 0 Å². The SMILES string of the molecule is O=C(/C=C(\[O-])c1c(F)c(F)c(F)c(F)c1F)c1c(F)c(F)c(F)c(F)c1F. The van der Waals surface area contributed by atoms with Gasteiger partial charge in [-0.15, -0.1) is 0 Å². The van der Waals surface area contributed by atoms with Gasteiger partial charge in [0.2, 0.25) is 11.6 Å². The molecule has 0 aliphatic rings. The lowest BCUT2D eigenvalue weighted by Crippen LogP contribution is -2.16. The quantitative estimate of drug-likeness (QED) is 0.196. The number of halogens is 10. The highest BCUT2D eigenvalue weighted by atomic mass is 19.2. The number of benzene rings is 2. The Labute approximate surface area is 142 Å². The van der Waals surface area contributed by atoms with Crippen molar-refractivity contribution < 1.29 is 53.8 Å². The first kappa shape index (κ1) is 20.3. The first-order chi connectivity index (χ1) is 12.4. The van der Waals surface area contributed by atoms with Crippen molar-refractivity contribution in [1.29, 1.82) is 0 Å². The highest BCUT2D eigenvalue weighted by Crippen LogP contribution is 2.28. The second-order valence-corrected chi connectivity index (χ2v) is 4.76. The van der Waals surface area contributed by atoms with Gasteiger partial charge in [0.1, 0.15) is 0 Å². The predicted octanol–water partition coefficient (Wildman–Crippen LogP) is 3.66. The molecule has 0 bridgehead atoms. The topological polar surface area (TPSA) is 40.1 Å². The summed E-state index contributed by atoms with van der Waals surface area (Å²) >= 11 is 0. The highest BCUT2D eigenvalue weighted by molar-refractivity contribution is 6.08. The molecule has 0 aliphatic carbocycles. The van der Waals surface area contributed by atoms with Gasteiger partial charge in [0.15, 0.2) is 52.3 Å². The molecule has 12 heteroatoms. The van der Waals surface area contributed by atoms with Gasteiger partial charge in [-0.05, 0) is 6.08 Å². The van der Waals surface area contributed by atoms with Crippen molar-refractivity contribution in [1.82, 2.24) is 0 Å². The molecule has 0 N–H and O–H groups in total. The van der Waals surface area contributed by atoms with E-state index in [1.54, 1.807) is 0 Å². The van der Waals surface area contributed by atoms with Gasteiger partial charge in [-0.1, -0.05) is 5.76 Å². The van der Waals surface area contributed by atoms with E-state index in [4.69, 9.17) is 0 Å². The largest absolute Gasteiger partial charge is 0.872 e. The van der Waals surface area contributed by atoms with E-state index in [1.165, 1.54) is 0 Å². The average molecular weight is 403 g/mol. The Bertz CT molecular complexity index is 955. The Morgan fingerprint density at radius 2 is 0.778 bits per heavy atom. The molecule has 2 nitrogen and oxygen atoms in total. The van der Waals surface area contributed by atoms with Crippen molar-refractivity contribution in [2.75, 3.05) is 0 Å². The number of carbonyl (C=O) groups excluding carboxylic acids is 1. The second kappa shape index (κ2) is 6.93. The molecule has 27 heavy (non-hydrogen) atoms. The van der Waals surface area contributed by atoms with E-state index in [1.807, 2.05) is 0 Å². The fraction of sp³-hybridized carbons (Fsp3) is 0. The van der Waals surface area contributed by atoms with E-state index in [-0.39, 0.29) is 0 Å². The summed E-state index contributed by atoms with van der Waals surface area (Å²) in [5.74, 6) is -30.7. The molecular weight excluding hydrogens is 402 g/mol. The molecule has 0 saturated carbocycles. The maximum Gasteiger partial charge on any atom is 0.200 e. The van der Waals surface area contributed by atoms with Crippen LogP contribution in [-0.4, -0.2) is 5.78 Å². The number of rotatable bonds is 3. The van der Waals surface area contributed by atoms with Gasteiger partial charge in [-0.3, -0.25) is 4.79 Å². The summed E-state index contributed by atoms with van der Waals surface area (Å²) in [7, 11) is 0. The van der Waals surface area contributed by atoms with Gasteiger partial charge in [0, 0.05) is 5.56 Å². The summed E-state index contributed by atoms with van der Waals surface area (Å²) in [6, 6.07) is 0. The summed E-state index contributed by atoms with van der Waals surface area (Å²) in [5, 5.41) is 11.6. The fourth-order valence-electron chi connectivity index (χ4n) is 1.91. The van der Waals surface area contributed by atoms with Crippen LogP contribution >= 0.6 is 0 Å². The van der Waals surface area contributed by atoms with Crippen LogP contribution in [0, 0.1) is 58.2 Å². The molecule has 0 unspecified atom stereocenters. The van der Waals surface area contributed by atoms with E-state index >= 15 is 0 Å². The Kier molecular flexibility index (Phi) is 5.20. The number of hydrogen-bond donors (Lipinski definition) is 0. The molecule has 2 aromatic carbocycles. The van der Waals surface area contributed by atoms with Crippen LogP contribution in [0.15, 0.2) is 6.08 Å². The van der Waals surface area contributed by atoms with Crippen molar-refractivity contribution in [3.8, 4) is 0 Å². The summed E-state index contributed by atoms with van der Waals surface area (Å²) in [5.41, 5.74) is -4.33. The lowest BCUT2D eigenvalue weighted by atomic mass is 10.0. The zero-order valence-electron chi connectivity index (χ0n) is 12.2. The number of hydrogen-bond acceptors (Lipinski definition) is 2. The van der Waals surface area contributed by atoms with Gasteiger partial charge < -0.3 is 5.11 Å². The van der Waals surface area contributed by atoms with Crippen LogP contribution < -0.4 is 5.11 Å². The molecule has 0 radical (unpaired) electrons. The monoisotopic (exact) mass is 403 g/mol. The van der Waals surface area contributed by atoms with E-state index in [0.29, 0.717) is 0 Å². The highest BCUT2D eigenvalue weighted by Gasteiger charge is 2.30. The molecule has 0 aromatic heterocycles. The molecular formula is C15HF10O2-. The van der Waals surface area contributed by atoms with Gasteiger partial charge in [-0.2, -0.15) is 0 Å². The van der Waals surface area contributed by atoms with Crippen LogP contribution in [0.2, 0.25) is 0 Å². The molecule has 2 aromatic rings. The number of ketones is 1. The normalized spacial score (nSPS) is 11.9. The van der Waals surface area contributed by atoms with Crippen molar-refractivity contribution in [3.63, 3.8) is 0 Å². The Hall–Kier alpha value is -3.05. The van der Waals surface area contributed by atoms with Crippen LogP contribution in [0.25, 0.3) is 5.76 Å². The third-order valence-electron chi connectivity index (χ3n) is 3.17. The molecule has 0 amide bonds. The van der Waals surface area contributed by atoms with E-state index in [9.17, 15) is 53.8 Å². The smallest absolute Gasteiger partial charge is 0.200 e. The third kappa shape index (κ3) is 3.11. The zero-order chi connectivity index (χ0) is 20.8. The van der Waals surface area contributed by atoms with Crippen LogP contribution in [0.4, 0.5) is 43.9 Å². The molecule has 2 rings (SSSR count). The molecule has 0 fully saturated rings. The summed E-state index contributed by atoms with van der Waals surface area (Å²) < 4.78 is 132. The maximum atomic E-state index is 13.5. The summed E-state index contributed by atoms with van der Waals surface area (Å²) in [4.78, 5) is 11.6. The molecule has 144 valence electrons. The third-order valence-corrected chi connectivity index (χ3v) is 3.17. The van der Waals surface area contributed by atoms with Crippen molar-refractivity contribution in [2.45, 2.75) is 0 Å². The lowest BCUT2D eigenvalue weighted by molar-refractivity contribution is -0.244. The van der Waals surface area contributed by atoms with E-state index in [0.717, 1.165) is 0 Å². The van der Waals surface area contributed by atoms with Crippen LogP contribution in [0.3, 0.4) is 0 Å². The van der Waals surface area contributed by atoms with Gasteiger partial charge in [0.25, 0.3) is 0 Å². The minimum absolute atomic E-state index is 0.587. The second-order valence-electron chi connectivity index (χ2n) is 4.76. The standard InChI is InChI=1S/C15H2F10O2/c16-6-4(7(17)11(21)14(24)10(6)20)2(26)1-3(27)5-8(18)12(22)15(25)13(23)9(5)19/h1,26H/p-1/b2-1-. The zero-order valence-corrected chi connectivity index (χ0v) is 12.2. The first-order valence-corrected chi connectivity index (χ1v) is 6.38. The van der Waals surface area contributed by atoms with Gasteiger partial charge in [0.05, 0.1) is 5.56 Å². The van der Waals surface area contributed by atoms with Crippen LogP contribution in [-0.2, 0) is 0 Å². The first-order valence-electron chi connectivity index (χ1n) is 6.38. The minimum Gasteiger partial charge on any atom is -0.872 e. The lowest BCUT2D eigenvalue weighted by Gasteiger charge is -2.15. The Balaban J connectivity index is 2.68. The molecule has 0 spiro atoms. The molecule has 0 heterocycles.